The van der Waals surface area contributed by atoms with E-state index in [9.17, 15) is 0 Å². The van der Waals surface area contributed by atoms with Crippen LogP contribution in [0.5, 0.6) is 0 Å². The van der Waals surface area contributed by atoms with E-state index >= 15 is 0 Å². The van der Waals surface area contributed by atoms with Gasteiger partial charge < -0.3 is 0 Å². The van der Waals surface area contributed by atoms with Gasteiger partial charge in [-0.15, -0.1) is 0 Å². The van der Waals surface area contributed by atoms with Crippen molar-refractivity contribution in [3.63, 3.8) is 0 Å². The highest BCUT2D eigenvalue weighted by atomic mass is 14.7. The molecule has 5 fully saturated rings. The normalized spacial score (nSPS) is 56.8. The van der Waals surface area contributed by atoms with Crippen LogP contribution in [0.1, 0.15) is 132 Å². The zero-order valence-electron chi connectivity index (χ0n) is 21.8. The maximum Gasteiger partial charge on any atom is -0.0235 e. The summed E-state index contributed by atoms with van der Waals surface area (Å²) in [5, 5.41) is 0. The Balaban J connectivity index is 1.53. The Hall–Kier alpha value is 0. The first-order chi connectivity index (χ1) is 13.8. The van der Waals surface area contributed by atoms with Crippen LogP contribution >= 0.6 is 0 Å². The fourth-order valence-corrected chi connectivity index (χ4v) is 11.4. The molecule has 0 aromatic carbocycles. The van der Waals surface area contributed by atoms with E-state index in [1.54, 1.807) is 0 Å². The SMILES string of the molecule is CC1(C)CC[C@]2(C)CC[C@]3(C)[C@H](CC[C@@H]4[C@@]5(C)CCCC(C)(C)C5CC[C@]43C)C2C1. The Morgan fingerprint density at radius 1 is 0.533 bits per heavy atom. The fraction of sp³-hybridized carbons (Fsp3) is 1.00. The lowest BCUT2D eigenvalue weighted by Gasteiger charge is -2.73. The lowest BCUT2D eigenvalue weighted by molar-refractivity contribution is -0.243. The quantitative estimate of drug-likeness (QED) is 0.372. The number of rotatable bonds is 0. The van der Waals surface area contributed by atoms with Crippen LogP contribution in [0.4, 0.5) is 0 Å². The second kappa shape index (κ2) is 6.32. The summed E-state index contributed by atoms with van der Waals surface area (Å²) in [5.74, 6) is 3.88. The Morgan fingerprint density at radius 3 is 1.97 bits per heavy atom. The van der Waals surface area contributed by atoms with E-state index in [1.807, 2.05) is 0 Å². The molecule has 5 aliphatic rings. The Morgan fingerprint density at radius 2 is 1.23 bits per heavy atom. The highest BCUT2D eigenvalue weighted by Crippen LogP contribution is 2.76. The zero-order chi connectivity index (χ0) is 21.8. The van der Waals surface area contributed by atoms with Gasteiger partial charge in [0.1, 0.15) is 0 Å². The summed E-state index contributed by atoms with van der Waals surface area (Å²) in [6, 6.07) is 0. The third kappa shape index (κ3) is 2.70. The van der Waals surface area contributed by atoms with Crippen molar-refractivity contribution in [3.05, 3.63) is 0 Å². The molecule has 0 radical (unpaired) electrons. The van der Waals surface area contributed by atoms with Gasteiger partial charge in [0.2, 0.25) is 0 Å². The van der Waals surface area contributed by atoms with Crippen molar-refractivity contribution in [1.29, 1.82) is 0 Å². The molecule has 0 bridgehead atoms. The molecule has 0 heteroatoms. The van der Waals surface area contributed by atoms with E-state index in [0.717, 1.165) is 23.7 Å². The first kappa shape index (κ1) is 21.8. The molecule has 0 nitrogen and oxygen atoms in total. The van der Waals surface area contributed by atoms with Gasteiger partial charge in [0.25, 0.3) is 0 Å². The first-order valence-corrected chi connectivity index (χ1v) is 13.8. The average molecular weight is 413 g/mol. The van der Waals surface area contributed by atoms with Gasteiger partial charge in [-0.1, -0.05) is 61.8 Å². The van der Waals surface area contributed by atoms with Crippen molar-refractivity contribution in [2.45, 2.75) is 132 Å². The monoisotopic (exact) mass is 412 g/mol. The van der Waals surface area contributed by atoms with Gasteiger partial charge in [-0.25, -0.2) is 0 Å². The van der Waals surface area contributed by atoms with Crippen LogP contribution in [-0.2, 0) is 0 Å². The van der Waals surface area contributed by atoms with Crippen molar-refractivity contribution < 1.29 is 0 Å². The van der Waals surface area contributed by atoms with E-state index in [2.05, 4.69) is 55.4 Å². The molecule has 172 valence electrons. The summed E-state index contributed by atoms with van der Waals surface area (Å²) in [5.41, 5.74) is 3.49. The van der Waals surface area contributed by atoms with Gasteiger partial charge in [-0.05, 0) is 127 Å². The van der Waals surface area contributed by atoms with E-state index in [1.165, 1.54) is 77.0 Å². The van der Waals surface area contributed by atoms with Crippen LogP contribution in [0, 0.1) is 56.2 Å². The Labute approximate surface area is 188 Å². The van der Waals surface area contributed by atoms with Gasteiger partial charge in [0.15, 0.2) is 0 Å². The molecule has 5 rings (SSSR count). The van der Waals surface area contributed by atoms with Crippen molar-refractivity contribution in [2.24, 2.45) is 56.2 Å². The van der Waals surface area contributed by atoms with Gasteiger partial charge in [-0.2, -0.15) is 0 Å². The van der Waals surface area contributed by atoms with Crippen molar-refractivity contribution >= 4 is 0 Å². The summed E-state index contributed by atoms with van der Waals surface area (Å²) in [7, 11) is 0. The van der Waals surface area contributed by atoms with Crippen LogP contribution < -0.4 is 0 Å². The third-order valence-corrected chi connectivity index (χ3v) is 13.4. The maximum atomic E-state index is 2.81. The average Bonchev–Trinajstić information content (AvgIpc) is 2.63. The van der Waals surface area contributed by atoms with Crippen LogP contribution in [0.2, 0.25) is 0 Å². The lowest BCUT2D eigenvalue weighted by atomic mass is 9.31. The molecule has 0 aromatic rings. The van der Waals surface area contributed by atoms with Gasteiger partial charge in [-0.3, -0.25) is 0 Å². The molecule has 5 saturated carbocycles. The first-order valence-electron chi connectivity index (χ1n) is 13.8. The molecule has 0 N–H and O–H groups in total. The van der Waals surface area contributed by atoms with Crippen molar-refractivity contribution in [3.8, 4) is 0 Å². The Bertz CT molecular complexity index is 701. The van der Waals surface area contributed by atoms with Crippen LogP contribution in [0.15, 0.2) is 0 Å². The molecule has 0 aliphatic heterocycles. The molecular formula is C30H52. The van der Waals surface area contributed by atoms with Crippen LogP contribution in [0.25, 0.3) is 0 Å². The standard InChI is InChI=1S/C30H52/c1-25(2)16-17-27(5)18-19-29(7)21(22(27)20-25)10-11-24-28(6)14-9-13-26(3,4)23(28)12-15-30(24,29)8/h21-24H,9-20H2,1-8H3/t21-,22?,23?,24-,27-,28+,29-,30-/m1/s1. The van der Waals surface area contributed by atoms with Gasteiger partial charge >= 0.3 is 0 Å². The number of fused-ring (bicyclic) bond motifs is 7. The highest BCUT2D eigenvalue weighted by molar-refractivity contribution is 5.17. The fourth-order valence-electron chi connectivity index (χ4n) is 11.4. The van der Waals surface area contributed by atoms with E-state index in [4.69, 9.17) is 0 Å². The van der Waals surface area contributed by atoms with Crippen molar-refractivity contribution in [1.82, 2.24) is 0 Å². The molecule has 8 atom stereocenters. The summed E-state index contributed by atoms with van der Waals surface area (Å²) in [6.07, 6.45) is 18.0. The van der Waals surface area contributed by atoms with Gasteiger partial charge in [0, 0.05) is 0 Å². The van der Waals surface area contributed by atoms with E-state index in [0.29, 0.717) is 32.5 Å². The third-order valence-electron chi connectivity index (χ3n) is 13.4. The maximum absolute atomic E-state index is 2.81. The molecule has 5 aliphatic carbocycles. The van der Waals surface area contributed by atoms with E-state index in [-0.39, 0.29) is 0 Å². The summed E-state index contributed by atoms with van der Waals surface area (Å²) >= 11 is 0. The van der Waals surface area contributed by atoms with Crippen LogP contribution in [0.3, 0.4) is 0 Å². The molecule has 0 amide bonds. The minimum Gasteiger partial charge on any atom is -0.0599 e. The summed E-state index contributed by atoms with van der Waals surface area (Å²) in [6.45, 7) is 21.4. The molecule has 2 unspecified atom stereocenters. The number of hydrogen-bond acceptors (Lipinski definition) is 0. The molecular weight excluding hydrogens is 360 g/mol. The molecule has 0 spiro atoms. The van der Waals surface area contributed by atoms with E-state index < -0.39 is 0 Å². The second-order valence-corrected chi connectivity index (χ2v) is 15.6. The summed E-state index contributed by atoms with van der Waals surface area (Å²) in [4.78, 5) is 0. The smallest absolute Gasteiger partial charge is 0.0235 e. The molecule has 0 aromatic heterocycles. The van der Waals surface area contributed by atoms with Crippen LogP contribution in [-0.4, -0.2) is 0 Å². The topological polar surface area (TPSA) is 0 Å². The zero-order valence-corrected chi connectivity index (χ0v) is 21.8. The molecule has 30 heavy (non-hydrogen) atoms. The largest absolute Gasteiger partial charge is 0.0599 e. The molecule has 0 heterocycles. The minimum absolute atomic E-state index is 0.560. The van der Waals surface area contributed by atoms with Gasteiger partial charge in [0.05, 0.1) is 0 Å². The second-order valence-electron chi connectivity index (χ2n) is 15.6. The number of hydrogen-bond donors (Lipinski definition) is 0. The summed E-state index contributed by atoms with van der Waals surface area (Å²) < 4.78 is 0. The predicted octanol–water partition coefficient (Wildman–Crippen LogP) is 9.28. The molecule has 0 saturated heterocycles. The van der Waals surface area contributed by atoms with Crippen molar-refractivity contribution in [2.75, 3.05) is 0 Å². The predicted molar refractivity (Wildman–Crippen MR) is 129 cm³/mol. The minimum atomic E-state index is 0.560. The lowest BCUT2D eigenvalue weighted by Crippen LogP contribution is -2.65. The Kier molecular flexibility index (Phi) is 4.59. The highest BCUT2D eigenvalue weighted by Gasteiger charge is 2.68.